The quantitative estimate of drug-likeness (QED) is 0.728. The molecule has 0 spiro atoms. The predicted molar refractivity (Wildman–Crippen MR) is 46.7 cm³/mol. The van der Waals surface area contributed by atoms with E-state index in [1.165, 1.54) is 0 Å². The number of nitrogens with two attached hydrogens (primary N) is 1. The number of hydrogen-bond donors (Lipinski definition) is 1. The highest BCUT2D eigenvalue weighted by Gasteiger charge is 2.01. The largest absolute Gasteiger partial charge is 0.364 e. The van der Waals surface area contributed by atoms with Gasteiger partial charge in [0.1, 0.15) is 5.69 Å². The van der Waals surface area contributed by atoms with Crippen LogP contribution >= 0.6 is 0 Å². The number of amides is 1. The van der Waals surface area contributed by atoms with Crippen LogP contribution in [-0.2, 0) is 6.42 Å². The Morgan fingerprint density at radius 2 is 2.42 bits per heavy atom. The number of nitrogens with zero attached hydrogens (tertiary/aromatic N) is 1. The minimum atomic E-state index is -0.465. The molecule has 3 heteroatoms. The minimum Gasteiger partial charge on any atom is -0.364 e. The van der Waals surface area contributed by atoms with Crippen LogP contribution in [0.5, 0.6) is 0 Å². The standard InChI is InChI=1S/C9H12N2O/c1-2-3-7-4-5-11-8(6-7)9(10)12/h4-6H,2-3H2,1H3,(H2,10,12). The van der Waals surface area contributed by atoms with Crippen molar-refractivity contribution >= 4 is 5.91 Å². The zero-order chi connectivity index (χ0) is 8.97. The molecule has 0 unspecified atom stereocenters. The van der Waals surface area contributed by atoms with Gasteiger partial charge in [0.25, 0.3) is 5.91 Å². The summed E-state index contributed by atoms with van der Waals surface area (Å²) in [6.45, 7) is 2.09. The van der Waals surface area contributed by atoms with E-state index >= 15 is 0 Å². The molecule has 1 heterocycles. The van der Waals surface area contributed by atoms with Gasteiger partial charge in [-0.05, 0) is 24.1 Å². The molecule has 0 atom stereocenters. The highest BCUT2D eigenvalue weighted by atomic mass is 16.1. The molecule has 0 fully saturated rings. The van der Waals surface area contributed by atoms with Crippen LogP contribution in [0.15, 0.2) is 18.3 Å². The monoisotopic (exact) mass is 164 g/mol. The van der Waals surface area contributed by atoms with Gasteiger partial charge in [0.2, 0.25) is 0 Å². The Morgan fingerprint density at radius 3 is 3.00 bits per heavy atom. The molecule has 1 rings (SSSR count). The average molecular weight is 164 g/mol. The van der Waals surface area contributed by atoms with Crippen LogP contribution in [-0.4, -0.2) is 10.9 Å². The molecule has 0 bridgehead atoms. The SMILES string of the molecule is CCCc1ccnc(C(N)=O)c1. The van der Waals surface area contributed by atoms with E-state index < -0.39 is 5.91 Å². The van der Waals surface area contributed by atoms with Gasteiger partial charge in [0.15, 0.2) is 0 Å². The fraction of sp³-hybridized carbons (Fsp3) is 0.333. The fourth-order valence-electron chi connectivity index (χ4n) is 1.05. The maximum atomic E-state index is 10.7. The van der Waals surface area contributed by atoms with Gasteiger partial charge in [-0.25, -0.2) is 0 Å². The average Bonchev–Trinajstić information content (AvgIpc) is 2.05. The molecule has 64 valence electrons. The van der Waals surface area contributed by atoms with Crippen molar-refractivity contribution in [2.24, 2.45) is 5.73 Å². The molecule has 0 aromatic carbocycles. The van der Waals surface area contributed by atoms with E-state index in [-0.39, 0.29) is 0 Å². The van der Waals surface area contributed by atoms with Gasteiger partial charge in [-0.15, -0.1) is 0 Å². The summed E-state index contributed by atoms with van der Waals surface area (Å²) in [6, 6.07) is 3.64. The van der Waals surface area contributed by atoms with Crippen LogP contribution in [0.3, 0.4) is 0 Å². The topological polar surface area (TPSA) is 56.0 Å². The first kappa shape index (κ1) is 8.71. The molecular weight excluding hydrogens is 152 g/mol. The molecule has 0 aliphatic carbocycles. The van der Waals surface area contributed by atoms with Crippen LogP contribution < -0.4 is 5.73 Å². The molecule has 0 aliphatic heterocycles. The van der Waals surface area contributed by atoms with Gasteiger partial charge in [-0.1, -0.05) is 13.3 Å². The molecule has 3 nitrogen and oxygen atoms in total. The molecular formula is C9H12N2O. The van der Waals surface area contributed by atoms with E-state index in [0.29, 0.717) is 5.69 Å². The lowest BCUT2D eigenvalue weighted by molar-refractivity contribution is 0.0995. The van der Waals surface area contributed by atoms with Crippen molar-refractivity contribution in [2.75, 3.05) is 0 Å². The van der Waals surface area contributed by atoms with E-state index in [1.54, 1.807) is 12.3 Å². The number of hydrogen-bond acceptors (Lipinski definition) is 2. The van der Waals surface area contributed by atoms with Crippen molar-refractivity contribution in [1.82, 2.24) is 4.98 Å². The van der Waals surface area contributed by atoms with Crippen molar-refractivity contribution in [1.29, 1.82) is 0 Å². The van der Waals surface area contributed by atoms with Crippen molar-refractivity contribution < 1.29 is 4.79 Å². The molecule has 1 aromatic rings. The summed E-state index contributed by atoms with van der Waals surface area (Å²) < 4.78 is 0. The van der Waals surface area contributed by atoms with Gasteiger partial charge in [0.05, 0.1) is 0 Å². The molecule has 12 heavy (non-hydrogen) atoms. The van der Waals surface area contributed by atoms with Gasteiger partial charge in [-0.2, -0.15) is 0 Å². The van der Waals surface area contributed by atoms with Crippen LogP contribution in [0.1, 0.15) is 29.4 Å². The lowest BCUT2D eigenvalue weighted by atomic mass is 10.1. The van der Waals surface area contributed by atoms with Crippen molar-refractivity contribution in [3.63, 3.8) is 0 Å². The maximum Gasteiger partial charge on any atom is 0.267 e. The van der Waals surface area contributed by atoms with Gasteiger partial charge < -0.3 is 5.73 Å². The first-order chi connectivity index (χ1) is 5.74. The summed E-state index contributed by atoms with van der Waals surface area (Å²) >= 11 is 0. The highest BCUT2D eigenvalue weighted by Crippen LogP contribution is 2.03. The van der Waals surface area contributed by atoms with Crippen molar-refractivity contribution in [3.8, 4) is 0 Å². The maximum absolute atomic E-state index is 10.7. The molecule has 0 radical (unpaired) electrons. The highest BCUT2D eigenvalue weighted by molar-refractivity contribution is 5.90. The summed E-state index contributed by atoms with van der Waals surface area (Å²) in [5.74, 6) is -0.465. The second kappa shape index (κ2) is 3.85. The number of carbonyl (C=O) groups excluding carboxylic acids is 1. The Kier molecular flexibility index (Phi) is 2.80. The lowest BCUT2D eigenvalue weighted by Gasteiger charge is -1.99. The predicted octanol–water partition coefficient (Wildman–Crippen LogP) is 1.13. The zero-order valence-corrected chi connectivity index (χ0v) is 7.08. The minimum absolute atomic E-state index is 0.348. The second-order valence-corrected chi connectivity index (χ2v) is 2.66. The van der Waals surface area contributed by atoms with E-state index in [1.807, 2.05) is 6.07 Å². The first-order valence-electron chi connectivity index (χ1n) is 3.98. The van der Waals surface area contributed by atoms with E-state index in [2.05, 4.69) is 11.9 Å². The Labute approximate surface area is 71.6 Å². The Morgan fingerprint density at radius 1 is 1.67 bits per heavy atom. The van der Waals surface area contributed by atoms with Gasteiger partial charge in [-0.3, -0.25) is 9.78 Å². The van der Waals surface area contributed by atoms with Crippen LogP contribution in [0.25, 0.3) is 0 Å². The molecule has 1 amide bonds. The lowest BCUT2D eigenvalue weighted by Crippen LogP contribution is -2.13. The fourth-order valence-corrected chi connectivity index (χ4v) is 1.05. The Bertz CT molecular complexity index is 284. The summed E-state index contributed by atoms with van der Waals surface area (Å²) in [7, 11) is 0. The van der Waals surface area contributed by atoms with Crippen LogP contribution in [0.4, 0.5) is 0 Å². The van der Waals surface area contributed by atoms with Crippen LogP contribution in [0.2, 0.25) is 0 Å². The number of rotatable bonds is 3. The molecule has 1 aromatic heterocycles. The summed E-state index contributed by atoms with van der Waals surface area (Å²) in [5, 5.41) is 0. The number of aryl methyl sites for hydroxylation is 1. The van der Waals surface area contributed by atoms with Crippen molar-refractivity contribution in [3.05, 3.63) is 29.6 Å². The number of carbonyl (C=O) groups is 1. The summed E-state index contributed by atoms with van der Waals surface area (Å²) in [5.41, 5.74) is 6.54. The first-order valence-corrected chi connectivity index (χ1v) is 3.98. The number of aromatic nitrogens is 1. The van der Waals surface area contributed by atoms with Crippen LogP contribution in [0, 0.1) is 0 Å². The van der Waals surface area contributed by atoms with E-state index in [0.717, 1.165) is 18.4 Å². The summed E-state index contributed by atoms with van der Waals surface area (Å²) in [6.07, 6.45) is 3.64. The van der Waals surface area contributed by atoms with Gasteiger partial charge >= 0.3 is 0 Å². The van der Waals surface area contributed by atoms with E-state index in [9.17, 15) is 4.79 Å². The summed E-state index contributed by atoms with van der Waals surface area (Å²) in [4.78, 5) is 14.6. The molecule has 2 N–H and O–H groups in total. The molecule has 0 saturated heterocycles. The molecule has 0 saturated carbocycles. The number of primary amides is 1. The van der Waals surface area contributed by atoms with Crippen molar-refractivity contribution in [2.45, 2.75) is 19.8 Å². The smallest absolute Gasteiger partial charge is 0.267 e. The zero-order valence-electron chi connectivity index (χ0n) is 7.08. The third-order valence-corrected chi connectivity index (χ3v) is 1.62. The van der Waals surface area contributed by atoms with E-state index in [4.69, 9.17) is 5.73 Å². The third kappa shape index (κ3) is 2.05. The second-order valence-electron chi connectivity index (χ2n) is 2.66. The number of pyridine rings is 1. The Balaban J connectivity index is 2.88. The molecule has 0 aliphatic rings. The third-order valence-electron chi connectivity index (χ3n) is 1.62. The normalized spacial score (nSPS) is 9.75. The van der Waals surface area contributed by atoms with Gasteiger partial charge in [0, 0.05) is 6.20 Å². The Hall–Kier alpha value is -1.38.